The molecule has 1 N–H and O–H groups in total. The van der Waals surface area contributed by atoms with Gasteiger partial charge < -0.3 is 10.1 Å². The maximum absolute atomic E-state index is 11.6. The Bertz CT molecular complexity index is 594. The molecule has 1 fully saturated rings. The maximum atomic E-state index is 11.6. The number of hydrogen-bond acceptors (Lipinski definition) is 6. The van der Waals surface area contributed by atoms with Crippen LogP contribution in [0.5, 0.6) is 0 Å². The summed E-state index contributed by atoms with van der Waals surface area (Å²) in [6.07, 6.45) is 0.553. The zero-order valence-electron chi connectivity index (χ0n) is 11.5. The van der Waals surface area contributed by atoms with Crippen LogP contribution < -0.4 is 5.32 Å². The maximum Gasteiger partial charge on any atom is 0.158 e. The molecular weight excluding hydrogens is 302 g/mol. The molecule has 0 spiro atoms. The molecular formula is C12H18ClN3O3S. The molecule has 2 heterocycles. The van der Waals surface area contributed by atoms with Crippen LogP contribution in [0.1, 0.15) is 26.1 Å². The van der Waals surface area contributed by atoms with Crippen LogP contribution >= 0.6 is 11.6 Å². The van der Waals surface area contributed by atoms with E-state index in [0.29, 0.717) is 29.8 Å². The van der Waals surface area contributed by atoms with Gasteiger partial charge >= 0.3 is 0 Å². The molecule has 0 aromatic carbocycles. The normalized spacial score (nSPS) is 24.8. The summed E-state index contributed by atoms with van der Waals surface area (Å²) in [6, 6.07) is 1.59. The van der Waals surface area contributed by atoms with E-state index in [4.69, 9.17) is 16.3 Å². The summed E-state index contributed by atoms with van der Waals surface area (Å²) >= 11 is 5.95. The molecule has 1 aliphatic rings. The third-order valence-corrected chi connectivity index (χ3v) is 5.21. The van der Waals surface area contributed by atoms with Crippen LogP contribution in [0.4, 0.5) is 5.82 Å². The largest absolute Gasteiger partial charge is 0.374 e. The Morgan fingerprint density at radius 1 is 1.50 bits per heavy atom. The fourth-order valence-electron chi connectivity index (χ4n) is 2.20. The van der Waals surface area contributed by atoms with Gasteiger partial charge in [-0.25, -0.2) is 18.4 Å². The van der Waals surface area contributed by atoms with Gasteiger partial charge in [0.25, 0.3) is 0 Å². The van der Waals surface area contributed by atoms with Crippen LogP contribution in [0.15, 0.2) is 6.07 Å². The second-order valence-electron chi connectivity index (χ2n) is 5.16. The molecule has 0 aliphatic carbocycles. The fraction of sp³-hybridized carbons (Fsp3) is 0.667. The summed E-state index contributed by atoms with van der Waals surface area (Å²) in [5.41, 5.74) is -0.514. The summed E-state index contributed by atoms with van der Waals surface area (Å²) in [5.74, 6) is 1.30. The topological polar surface area (TPSA) is 81.2 Å². The van der Waals surface area contributed by atoms with E-state index in [-0.39, 0.29) is 18.1 Å². The predicted molar refractivity (Wildman–Crippen MR) is 77.7 cm³/mol. The first-order valence-electron chi connectivity index (χ1n) is 6.42. The highest BCUT2D eigenvalue weighted by Gasteiger charge is 2.38. The minimum atomic E-state index is -2.97. The van der Waals surface area contributed by atoms with Crippen molar-refractivity contribution in [2.45, 2.75) is 32.4 Å². The minimum Gasteiger partial charge on any atom is -0.374 e. The number of anilines is 1. The SMILES string of the molecule is CCOCc1nc(Cl)cc(NC2(C)CCS(=O)(=O)C2)n1. The Morgan fingerprint density at radius 3 is 2.85 bits per heavy atom. The number of nitrogens with zero attached hydrogens (tertiary/aromatic N) is 2. The molecule has 1 aromatic rings. The molecule has 1 atom stereocenters. The van der Waals surface area contributed by atoms with Crippen molar-refractivity contribution >= 4 is 27.3 Å². The van der Waals surface area contributed by atoms with E-state index < -0.39 is 15.4 Å². The number of hydrogen-bond donors (Lipinski definition) is 1. The highest BCUT2D eigenvalue weighted by molar-refractivity contribution is 7.91. The second-order valence-corrected chi connectivity index (χ2v) is 7.73. The van der Waals surface area contributed by atoms with Crippen LogP contribution in [-0.2, 0) is 21.2 Å². The Balaban J connectivity index is 2.15. The average Bonchev–Trinajstić information content (AvgIpc) is 2.60. The summed E-state index contributed by atoms with van der Waals surface area (Å²) < 4.78 is 28.4. The van der Waals surface area contributed by atoms with Gasteiger partial charge in [0.2, 0.25) is 0 Å². The first-order chi connectivity index (χ1) is 9.32. The second kappa shape index (κ2) is 5.83. The van der Waals surface area contributed by atoms with E-state index in [1.54, 1.807) is 6.07 Å². The summed E-state index contributed by atoms with van der Waals surface area (Å²) in [7, 11) is -2.97. The van der Waals surface area contributed by atoms with Gasteiger partial charge in [-0.2, -0.15) is 0 Å². The Morgan fingerprint density at radius 2 is 2.25 bits per heavy atom. The van der Waals surface area contributed by atoms with Gasteiger partial charge in [0.05, 0.1) is 17.0 Å². The zero-order valence-corrected chi connectivity index (χ0v) is 13.1. The number of sulfone groups is 1. The van der Waals surface area contributed by atoms with Gasteiger partial charge in [-0.3, -0.25) is 0 Å². The molecule has 0 saturated carbocycles. The smallest absolute Gasteiger partial charge is 0.158 e. The Kier molecular flexibility index (Phi) is 4.51. The molecule has 0 bridgehead atoms. The molecule has 0 radical (unpaired) electrons. The highest BCUT2D eigenvalue weighted by atomic mass is 35.5. The van der Waals surface area contributed by atoms with Gasteiger partial charge in [-0.15, -0.1) is 0 Å². The number of halogens is 1. The number of ether oxygens (including phenoxy) is 1. The zero-order chi connectivity index (χ0) is 14.8. The summed E-state index contributed by atoms with van der Waals surface area (Å²) in [4.78, 5) is 8.37. The van der Waals surface area contributed by atoms with Gasteiger partial charge in [-0.05, 0) is 20.3 Å². The van der Waals surface area contributed by atoms with E-state index in [1.807, 2.05) is 13.8 Å². The molecule has 1 aliphatic heterocycles. The summed E-state index contributed by atoms with van der Waals surface area (Å²) in [6.45, 7) is 4.60. The monoisotopic (exact) mass is 319 g/mol. The van der Waals surface area contributed by atoms with Crippen molar-refractivity contribution in [1.82, 2.24) is 9.97 Å². The van der Waals surface area contributed by atoms with Gasteiger partial charge in [-0.1, -0.05) is 11.6 Å². The third-order valence-electron chi connectivity index (χ3n) is 3.11. The lowest BCUT2D eigenvalue weighted by atomic mass is 10.0. The minimum absolute atomic E-state index is 0.0996. The quantitative estimate of drug-likeness (QED) is 0.831. The molecule has 6 nitrogen and oxygen atoms in total. The van der Waals surface area contributed by atoms with Gasteiger partial charge in [0.1, 0.15) is 17.6 Å². The number of rotatable bonds is 5. The van der Waals surface area contributed by atoms with E-state index in [2.05, 4.69) is 15.3 Å². The molecule has 20 heavy (non-hydrogen) atoms. The van der Waals surface area contributed by atoms with Crippen molar-refractivity contribution in [2.24, 2.45) is 0 Å². The average molecular weight is 320 g/mol. The summed E-state index contributed by atoms with van der Waals surface area (Å²) in [5, 5.41) is 3.47. The van der Waals surface area contributed by atoms with Crippen molar-refractivity contribution in [3.05, 3.63) is 17.0 Å². The van der Waals surface area contributed by atoms with Crippen LogP contribution in [0.2, 0.25) is 5.15 Å². The molecule has 2 rings (SSSR count). The van der Waals surface area contributed by atoms with Gasteiger partial charge in [0, 0.05) is 12.7 Å². The standard InChI is InChI=1S/C12H18ClN3O3S/c1-3-19-7-11-14-9(13)6-10(15-11)16-12(2)4-5-20(17,18)8-12/h6H,3-5,7-8H2,1-2H3,(H,14,15,16). The van der Waals surface area contributed by atoms with Crippen molar-refractivity contribution < 1.29 is 13.2 Å². The van der Waals surface area contributed by atoms with E-state index in [9.17, 15) is 8.42 Å². The lowest BCUT2D eigenvalue weighted by Gasteiger charge is -2.24. The van der Waals surface area contributed by atoms with Gasteiger partial charge in [0.15, 0.2) is 15.7 Å². The Labute approximate surface area is 123 Å². The van der Waals surface area contributed by atoms with E-state index in [0.717, 1.165) is 0 Å². The van der Waals surface area contributed by atoms with Crippen LogP contribution in [0, 0.1) is 0 Å². The fourth-order valence-corrected chi connectivity index (χ4v) is 4.50. The van der Waals surface area contributed by atoms with Crippen LogP contribution in [0.25, 0.3) is 0 Å². The molecule has 0 amide bonds. The third kappa shape index (κ3) is 4.04. The van der Waals surface area contributed by atoms with Crippen LogP contribution in [-0.4, -0.2) is 42.0 Å². The van der Waals surface area contributed by atoms with Crippen molar-refractivity contribution in [1.29, 1.82) is 0 Å². The Hall–Kier alpha value is -0.920. The van der Waals surface area contributed by atoms with Crippen molar-refractivity contribution in [3.8, 4) is 0 Å². The molecule has 112 valence electrons. The predicted octanol–water partition coefficient (Wildman–Crippen LogP) is 1.66. The highest BCUT2D eigenvalue weighted by Crippen LogP contribution is 2.27. The first kappa shape index (κ1) is 15.5. The molecule has 1 unspecified atom stereocenters. The number of nitrogens with one attached hydrogen (secondary N) is 1. The van der Waals surface area contributed by atoms with Crippen molar-refractivity contribution in [2.75, 3.05) is 23.4 Å². The van der Waals surface area contributed by atoms with E-state index >= 15 is 0 Å². The number of aromatic nitrogens is 2. The first-order valence-corrected chi connectivity index (χ1v) is 8.62. The molecule has 8 heteroatoms. The molecule has 1 saturated heterocycles. The van der Waals surface area contributed by atoms with E-state index in [1.165, 1.54) is 0 Å². The molecule has 1 aromatic heterocycles. The van der Waals surface area contributed by atoms with Crippen LogP contribution in [0.3, 0.4) is 0 Å². The lowest BCUT2D eigenvalue weighted by Crippen LogP contribution is -2.36. The lowest BCUT2D eigenvalue weighted by molar-refractivity contribution is 0.128. The van der Waals surface area contributed by atoms with Crippen molar-refractivity contribution in [3.63, 3.8) is 0 Å².